The molecule has 1 unspecified atom stereocenters. The van der Waals surface area contributed by atoms with Gasteiger partial charge in [0, 0.05) is 5.02 Å². The van der Waals surface area contributed by atoms with Gasteiger partial charge in [-0.2, -0.15) is 5.26 Å². The number of hydrogen-bond donors (Lipinski definition) is 2. The molecule has 4 amide bonds. The van der Waals surface area contributed by atoms with Crippen LogP contribution in [0.3, 0.4) is 0 Å². The zero-order valence-electron chi connectivity index (χ0n) is 13.6. The van der Waals surface area contributed by atoms with Gasteiger partial charge in [-0.25, -0.2) is 4.79 Å². The Kier molecular flexibility index (Phi) is 4.68. The van der Waals surface area contributed by atoms with Crippen LogP contribution in [0, 0.1) is 11.3 Å². The first-order valence-corrected chi connectivity index (χ1v) is 8.78. The number of halogens is 1. The van der Waals surface area contributed by atoms with Crippen molar-refractivity contribution in [3.63, 3.8) is 0 Å². The highest BCUT2D eigenvalue weighted by molar-refractivity contribution is 7.14. The van der Waals surface area contributed by atoms with Crippen molar-refractivity contribution < 1.29 is 14.4 Å². The number of amides is 4. The van der Waals surface area contributed by atoms with Gasteiger partial charge in [-0.3, -0.25) is 14.5 Å². The number of nitriles is 1. The van der Waals surface area contributed by atoms with Gasteiger partial charge in [-0.1, -0.05) is 23.7 Å². The van der Waals surface area contributed by atoms with Crippen LogP contribution in [0.2, 0.25) is 5.02 Å². The normalized spacial score (nSPS) is 19.2. The van der Waals surface area contributed by atoms with Crippen LogP contribution in [-0.2, 0) is 15.1 Å². The van der Waals surface area contributed by atoms with Crippen molar-refractivity contribution >= 4 is 45.8 Å². The molecule has 0 bridgehead atoms. The molecule has 9 heteroatoms. The van der Waals surface area contributed by atoms with Gasteiger partial charge in [0.1, 0.15) is 23.2 Å². The molecular formula is C17H13ClN4O3S. The van der Waals surface area contributed by atoms with Crippen molar-refractivity contribution in [2.75, 3.05) is 11.9 Å². The average molecular weight is 389 g/mol. The Morgan fingerprint density at radius 3 is 2.69 bits per heavy atom. The largest absolute Gasteiger partial charge is 0.325 e. The standard InChI is InChI=1S/C17H13ClN4O3S/c1-17(11-2-4-12(18)5-3-11)15(24)22(16(25)21-17)9-13(23)20-14-10(8-19)6-7-26-14/h2-7H,9H2,1H3,(H,20,23)(H,21,25). The van der Waals surface area contributed by atoms with Crippen LogP contribution in [0.5, 0.6) is 0 Å². The van der Waals surface area contributed by atoms with E-state index in [1.807, 2.05) is 6.07 Å². The number of carbonyl (C=O) groups excluding carboxylic acids is 3. The second-order valence-corrected chi connectivity index (χ2v) is 7.13. The highest BCUT2D eigenvalue weighted by Crippen LogP contribution is 2.30. The quantitative estimate of drug-likeness (QED) is 0.786. The lowest BCUT2D eigenvalue weighted by molar-refractivity contribution is -0.133. The van der Waals surface area contributed by atoms with Crippen LogP contribution in [0.1, 0.15) is 18.1 Å². The summed E-state index contributed by atoms with van der Waals surface area (Å²) < 4.78 is 0. The molecule has 2 N–H and O–H groups in total. The van der Waals surface area contributed by atoms with E-state index in [0.29, 0.717) is 21.2 Å². The van der Waals surface area contributed by atoms with Gasteiger partial charge in [-0.05, 0) is 36.1 Å². The molecule has 1 aromatic heterocycles. The van der Waals surface area contributed by atoms with E-state index in [9.17, 15) is 14.4 Å². The maximum atomic E-state index is 12.8. The molecule has 7 nitrogen and oxygen atoms in total. The summed E-state index contributed by atoms with van der Waals surface area (Å²) in [5.74, 6) is -1.10. The van der Waals surface area contributed by atoms with Crippen molar-refractivity contribution in [1.29, 1.82) is 5.26 Å². The Bertz CT molecular complexity index is 934. The summed E-state index contributed by atoms with van der Waals surface area (Å²) in [6.07, 6.45) is 0. The van der Waals surface area contributed by atoms with Crippen molar-refractivity contribution in [3.8, 4) is 6.07 Å². The van der Waals surface area contributed by atoms with Crippen molar-refractivity contribution in [1.82, 2.24) is 10.2 Å². The maximum absolute atomic E-state index is 12.8. The molecule has 1 atom stereocenters. The highest BCUT2D eigenvalue weighted by Gasteiger charge is 2.49. The third-order valence-electron chi connectivity index (χ3n) is 4.04. The number of nitrogens with zero attached hydrogens (tertiary/aromatic N) is 2. The number of thiophene rings is 1. The van der Waals surface area contributed by atoms with E-state index in [4.69, 9.17) is 16.9 Å². The van der Waals surface area contributed by atoms with Gasteiger partial charge in [0.05, 0.1) is 5.56 Å². The lowest BCUT2D eigenvalue weighted by Gasteiger charge is -2.22. The molecular weight excluding hydrogens is 376 g/mol. The topological polar surface area (TPSA) is 102 Å². The van der Waals surface area contributed by atoms with E-state index < -0.39 is 29.9 Å². The molecule has 3 rings (SSSR count). The number of hydrogen-bond acceptors (Lipinski definition) is 5. The summed E-state index contributed by atoms with van der Waals surface area (Å²) in [4.78, 5) is 38.1. The SMILES string of the molecule is CC1(c2ccc(Cl)cc2)NC(=O)N(CC(=O)Nc2sccc2C#N)C1=O. The second kappa shape index (κ2) is 6.78. The fraction of sp³-hybridized carbons (Fsp3) is 0.176. The van der Waals surface area contributed by atoms with Crippen LogP contribution in [0.25, 0.3) is 0 Å². The van der Waals surface area contributed by atoms with Crippen LogP contribution in [0.15, 0.2) is 35.7 Å². The summed E-state index contributed by atoms with van der Waals surface area (Å²) in [5.41, 5.74) is -0.386. The van der Waals surface area contributed by atoms with E-state index in [1.165, 1.54) is 11.3 Å². The fourth-order valence-electron chi connectivity index (χ4n) is 2.62. The Hall–Kier alpha value is -2.89. The first-order valence-electron chi connectivity index (χ1n) is 7.53. The minimum absolute atomic E-state index is 0.326. The summed E-state index contributed by atoms with van der Waals surface area (Å²) in [7, 11) is 0. The van der Waals surface area contributed by atoms with Crippen LogP contribution in [0.4, 0.5) is 9.80 Å². The Morgan fingerprint density at radius 2 is 2.04 bits per heavy atom. The number of urea groups is 1. The van der Waals surface area contributed by atoms with Gasteiger partial charge < -0.3 is 10.6 Å². The highest BCUT2D eigenvalue weighted by atomic mass is 35.5. The van der Waals surface area contributed by atoms with Crippen molar-refractivity contribution in [2.45, 2.75) is 12.5 Å². The molecule has 0 aliphatic carbocycles. The predicted molar refractivity (Wildman–Crippen MR) is 96.7 cm³/mol. The van der Waals surface area contributed by atoms with Gasteiger partial charge in [0.2, 0.25) is 5.91 Å². The number of imide groups is 1. The van der Waals surface area contributed by atoms with Crippen LogP contribution >= 0.6 is 22.9 Å². The zero-order valence-corrected chi connectivity index (χ0v) is 15.1. The van der Waals surface area contributed by atoms with Crippen molar-refractivity contribution in [3.05, 3.63) is 51.9 Å². The van der Waals surface area contributed by atoms with Gasteiger partial charge >= 0.3 is 6.03 Å². The summed E-state index contributed by atoms with van der Waals surface area (Å²) in [6.45, 7) is 1.12. The maximum Gasteiger partial charge on any atom is 0.325 e. The zero-order chi connectivity index (χ0) is 18.9. The summed E-state index contributed by atoms with van der Waals surface area (Å²) in [6, 6.07) is 9.41. The van der Waals surface area contributed by atoms with Gasteiger partial charge in [0.25, 0.3) is 5.91 Å². The van der Waals surface area contributed by atoms with E-state index in [-0.39, 0.29) is 0 Å². The van der Waals surface area contributed by atoms with E-state index >= 15 is 0 Å². The molecule has 0 radical (unpaired) electrons. The number of carbonyl (C=O) groups is 3. The fourth-order valence-corrected chi connectivity index (χ4v) is 3.50. The molecule has 0 saturated carbocycles. The lowest BCUT2D eigenvalue weighted by atomic mass is 9.92. The first kappa shape index (κ1) is 17.9. The molecule has 0 spiro atoms. The summed E-state index contributed by atoms with van der Waals surface area (Å²) >= 11 is 7.05. The van der Waals surface area contributed by atoms with E-state index in [2.05, 4.69) is 10.6 Å². The van der Waals surface area contributed by atoms with Gasteiger partial charge in [-0.15, -0.1) is 11.3 Å². The second-order valence-electron chi connectivity index (χ2n) is 5.78. The molecule has 1 aliphatic rings. The third-order valence-corrected chi connectivity index (χ3v) is 5.12. The first-order chi connectivity index (χ1) is 12.3. The minimum atomic E-state index is -1.28. The summed E-state index contributed by atoms with van der Waals surface area (Å²) in [5, 5.41) is 16.7. The molecule has 1 saturated heterocycles. The number of nitrogens with one attached hydrogen (secondary N) is 2. The Morgan fingerprint density at radius 1 is 1.35 bits per heavy atom. The molecule has 1 aliphatic heterocycles. The molecule has 2 heterocycles. The number of benzene rings is 1. The van der Waals surface area contributed by atoms with Crippen LogP contribution < -0.4 is 10.6 Å². The minimum Gasteiger partial charge on any atom is -0.319 e. The monoisotopic (exact) mass is 388 g/mol. The predicted octanol–water partition coefficient (Wildman–Crippen LogP) is 2.68. The Labute approximate surface area is 158 Å². The number of anilines is 1. The molecule has 26 heavy (non-hydrogen) atoms. The number of rotatable bonds is 4. The smallest absolute Gasteiger partial charge is 0.319 e. The van der Waals surface area contributed by atoms with Gasteiger partial charge in [0.15, 0.2) is 0 Å². The molecule has 1 aromatic carbocycles. The molecule has 2 aromatic rings. The van der Waals surface area contributed by atoms with E-state index in [0.717, 1.165) is 4.90 Å². The molecule has 132 valence electrons. The average Bonchev–Trinajstić information content (AvgIpc) is 3.13. The van der Waals surface area contributed by atoms with Crippen LogP contribution in [-0.4, -0.2) is 29.3 Å². The van der Waals surface area contributed by atoms with Crippen molar-refractivity contribution in [2.24, 2.45) is 0 Å². The van der Waals surface area contributed by atoms with E-state index in [1.54, 1.807) is 42.6 Å². The third kappa shape index (κ3) is 3.14. The molecule has 1 fully saturated rings. The lowest BCUT2D eigenvalue weighted by Crippen LogP contribution is -2.42. The Balaban J connectivity index is 1.76.